The summed E-state index contributed by atoms with van der Waals surface area (Å²) in [4.78, 5) is 26.5. The maximum atomic E-state index is 13.9. The zero-order valence-corrected chi connectivity index (χ0v) is 23.2. The van der Waals surface area contributed by atoms with E-state index in [0.717, 1.165) is 50.0 Å². The van der Waals surface area contributed by atoms with Crippen molar-refractivity contribution in [3.63, 3.8) is 0 Å². The minimum absolute atomic E-state index is 0.0175. The first kappa shape index (κ1) is 29.2. The number of methoxy groups -OCH3 is 1. The second kappa shape index (κ2) is 13.0. The smallest absolute Gasteiger partial charge is 0.217 e. The van der Waals surface area contributed by atoms with Crippen LogP contribution in [0.5, 0.6) is 11.5 Å². The van der Waals surface area contributed by atoms with Gasteiger partial charge in [-0.3, -0.25) is 9.59 Å². The van der Waals surface area contributed by atoms with Gasteiger partial charge < -0.3 is 19.7 Å². The van der Waals surface area contributed by atoms with Crippen LogP contribution in [-0.4, -0.2) is 49.9 Å². The lowest BCUT2D eigenvalue weighted by Crippen LogP contribution is -2.54. The quantitative estimate of drug-likeness (QED) is 0.244. The van der Waals surface area contributed by atoms with Crippen molar-refractivity contribution in [2.24, 2.45) is 5.92 Å². The van der Waals surface area contributed by atoms with E-state index in [-0.39, 0.29) is 29.2 Å². The van der Waals surface area contributed by atoms with Gasteiger partial charge in [0.25, 0.3) is 0 Å². The van der Waals surface area contributed by atoms with Crippen molar-refractivity contribution in [3.8, 4) is 11.5 Å². The van der Waals surface area contributed by atoms with E-state index >= 15 is 0 Å². The highest BCUT2D eigenvalue weighted by molar-refractivity contribution is 5.94. The summed E-state index contributed by atoms with van der Waals surface area (Å²) >= 11 is 0. The van der Waals surface area contributed by atoms with E-state index in [1.54, 1.807) is 49.6 Å². The highest BCUT2D eigenvalue weighted by atomic mass is 19.1. The predicted octanol–water partition coefficient (Wildman–Crippen LogP) is 5.74. The van der Waals surface area contributed by atoms with Crippen molar-refractivity contribution >= 4 is 11.7 Å². The molecule has 1 aliphatic rings. The molecule has 1 aliphatic heterocycles. The molecule has 0 atom stereocenters. The Bertz CT molecular complexity index is 1260. The number of carbonyl (C=O) groups excluding carboxylic acids is 2. The number of amides is 1. The molecule has 0 bridgehead atoms. The highest BCUT2D eigenvalue weighted by Gasteiger charge is 2.44. The second-order valence-corrected chi connectivity index (χ2v) is 10.2. The summed E-state index contributed by atoms with van der Waals surface area (Å²) in [6, 6.07) is 17.6. The van der Waals surface area contributed by atoms with Crippen LogP contribution in [0.3, 0.4) is 0 Å². The first-order chi connectivity index (χ1) is 19.2. The molecular weight excluding hydrogens is 514 g/mol. The van der Waals surface area contributed by atoms with Crippen LogP contribution in [0.15, 0.2) is 66.7 Å². The summed E-state index contributed by atoms with van der Waals surface area (Å²) in [6.45, 7) is 5.94. The van der Waals surface area contributed by atoms with Gasteiger partial charge in [0.05, 0.1) is 19.3 Å². The van der Waals surface area contributed by atoms with Gasteiger partial charge in [-0.1, -0.05) is 24.3 Å². The number of piperidine rings is 1. The number of likely N-dealkylation sites (tertiary alicyclic amines) is 1. The molecule has 0 spiro atoms. The zero-order valence-electron chi connectivity index (χ0n) is 23.2. The molecule has 4 rings (SSSR count). The van der Waals surface area contributed by atoms with Gasteiger partial charge in [-0.25, -0.2) is 8.78 Å². The normalized spacial score (nSPS) is 14.5. The molecule has 1 amide bonds. The van der Waals surface area contributed by atoms with Crippen molar-refractivity contribution in [2.45, 2.75) is 38.6 Å². The number of halogens is 2. The molecule has 1 saturated heterocycles. The SMILES string of the molecule is COc1cc(C(C)=O)ccc1OCCCN1CCC(C(NC(C)=O)(c2ccc(F)cc2)c2ccc(F)cc2)CC1. The van der Waals surface area contributed by atoms with Gasteiger partial charge in [-0.15, -0.1) is 0 Å². The molecule has 1 fully saturated rings. The van der Waals surface area contributed by atoms with E-state index < -0.39 is 5.54 Å². The maximum absolute atomic E-state index is 13.9. The third kappa shape index (κ3) is 6.67. The number of nitrogens with one attached hydrogen (secondary N) is 1. The van der Waals surface area contributed by atoms with Gasteiger partial charge in [-0.2, -0.15) is 0 Å². The van der Waals surface area contributed by atoms with E-state index in [4.69, 9.17) is 9.47 Å². The molecule has 6 nitrogen and oxygen atoms in total. The molecule has 40 heavy (non-hydrogen) atoms. The third-order valence-electron chi connectivity index (χ3n) is 7.62. The van der Waals surface area contributed by atoms with E-state index in [1.807, 2.05) is 0 Å². The topological polar surface area (TPSA) is 67.9 Å². The largest absolute Gasteiger partial charge is 0.493 e. The van der Waals surface area contributed by atoms with Crippen molar-refractivity contribution < 1.29 is 27.8 Å². The second-order valence-electron chi connectivity index (χ2n) is 10.2. The maximum Gasteiger partial charge on any atom is 0.217 e. The summed E-state index contributed by atoms with van der Waals surface area (Å²) in [7, 11) is 1.55. The fourth-order valence-electron chi connectivity index (χ4n) is 5.65. The van der Waals surface area contributed by atoms with Crippen molar-refractivity contribution in [2.75, 3.05) is 33.4 Å². The first-order valence-corrected chi connectivity index (χ1v) is 13.6. The van der Waals surface area contributed by atoms with Gasteiger partial charge >= 0.3 is 0 Å². The predicted molar refractivity (Wildman–Crippen MR) is 150 cm³/mol. The molecular formula is C32H36F2N2O4. The van der Waals surface area contributed by atoms with Gasteiger partial charge in [0.1, 0.15) is 11.6 Å². The molecule has 0 saturated carbocycles. The Labute approximate surface area is 234 Å². The van der Waals surface area contributed by atoms with E-state index in [0.29, 0.717) is 23.7 Å². The number of ketones is 1. The molecule has 0 aromatic heterocycles. The Morgan fingerprint density at radius 2 is 1.48 bits per heavy atom. The van der Waals surface area contributed by atoms with Crippen molar-refractivity contribution in [1.29, 1.82) is 0 Å². The number of hydrogen-bond donors (Lipinski definition) is 1. The van der Waals surface area contributed by atoms with Crippen LogP contribution < -0.4 is 14.8 Å². The molecule has 1 N–H and O–H groups in total. The van der Waals surface area contributed by atoms with E-state index in [9.17, 15) is 18.4 Å². The molecule has 1 heterocycles. The lowest BCUT2D eigenvalue weighted by Gasteiger charge is -2.46. The summed E-state index contributed by atoms with van der Waals surface area (Å²) < 4.78 is 39.0. The van der Waals surface area contributed by atoms with Crippen molar-refractivity contribution in [1.82, 2.24) is 10.2 Å². The van der Waals surface area contributed by atoms with E-state index in [1.165, 1.54) is 38.1 Å². The summed E-state index contributed by atoms with van der Waals surface area (Å²) in [5, 5.41) is 3.19. The average molecular weight is 551 g/mol. The average Bonchev–Trinajstić information content (AvgIpc) is 2.95. The fraction of sp³-hybridized carbons (Fsp3) is 0.375. The lowest BCUT2D eigenvalue weighted by molar-refractivity contribution is -0.121. The van der Waals surface area contributed by atoms with Crippen molar-refractivity contribution in [3.05, 3.63) is 95.1 Å². The number of Topliss-reactive ketones (excluding diaryl/α,β-unsaturated/α-hetero) is 1. The number of carbonyl (C=O) groups is 2. The van der Waals surface area contributed by atoms with Crippen LogP contribution in [-0.2, 0) is 10.3 Å². The Morgan fingerprint density at radius 1 is 0.900 bits per heavy atom. The third-order valence-corrected chi connectivity index (χ3v) is 7.62. The number of nitrogens with zero attached hydrogens (tertiary/aromatic N) is 1. The lowest BCUT2D eigenvalue weighted by atomic mass is 9.69. The summed E-state index contributed by atoms with van der Waals surface area (Å²) in [6.07, 6.45) is 2.38. The number of ether oxygens (including phenoxy) is 2. The minimum atomic E-state index is -0.912. The van der Waals surface area contributed by atoms with Crippen LogP contribution in [0.25, 0.3) is 0 Å². The van der Waals surface area contributed by atoms with Gasteiger partial charge in [0, 0.05) is 19.0 Å². The van der Waals surface area contributed by atoms with Gasteiger partial charge in [0.2, 0.25) is 5.91 Å². The van der Waals surface area contributed by atoms with Crippen LogP contribution in [0.4, 0.5) is 8.78 Å². The molecule has 3 aromatic rings. The minimum Gasteiger partial charge on any atom is -0.493 e. The monoisotopic (exact) mass is 550 g/mol. The molecule has 0 radical (unpaired) electrons. The Hall–Kier alpha value is -3.78. The van der Waals surface area contributed by atoms with E-state index in [2.05, 4.69) is 10.2 Å². The molecule has 8 heteroatoms. The first-order valence-electron chi connectivity index (χ1n) is 13.6. The summed E-state index contributed by atoms with van der Waals surface area (Å²) in [5.74, 6) is 0.195. The number of rotatable bonds is 11. The van der Waals surface area contributed by atoms with Crippen LogP contribution in [0, 0.1) is 17.6 Å². The zero-order chi connectivity index (χ0) is 28.7. The van der Waals surface area contributed by atoms with Gasteiger partial charge in [0.15, 0.2) is 17.3 Å². The molecule has 0 unspecified atom stereocenters. The Kier molecular flexibility index (Phi) is 9.53. The van der Waals surface area contributed by atoms with Crippen LogP contribution in [0.2, 0.25) is 0 Å². The van der Waals surface area contributed by atoms with Crippen LogP contribution >= 0.6 is 0 Å². The molecule has 0 aliphatic carbocycles. The standard InChI is InChI=1S/C32H36F2N2O4/c1-22(37)24-5-14-30(31(21-24)39-3)40-20-4-17-36-18-15-27(16-19-36)32(35-23(2)38,25-6-10-28(33)11-7-25)26-8-12-29(34)13-9-26/h5-14,21,27H,4,15-20H2,1-3H3,(H,35,38). The van der Waals surface area contributed by atoms with Gasteiger partial charge in [-0.05, 0) is 98.8 Å². The number of benzene rings is 3. The summed E-state index contributed by atoms with van der Waals surface area (Å²) in [5.41, 5.74) is 1.20. The number of hydrogen-bond acceptors (Lipinski definition) is 5. The highest BCUT2D eigenvalue weighted by Crippen LogP contribution is 2.42. The fourth-order valence-corrected chi connectivity index (χ4v) is 5.65. The molecule has 212 valence electrons. The molecule has 3 aromatic carbocycles. The Morgan fingerprint density at radius 3 is 1.98 bits per heavy atom. The van der Waals surface area contributed by atoms with Crippen LogP contribution in [0.1, 0.15) is 54.6 Å². The Balaban J connectivity index is 1.43.